The standard InChI is InChI=1S/C13H15F2N3O/c1-3-7(2)11(16)13-17-12(18-19-13)8-4-9(14)6-10(15)5-8/h4-7,11H,3,16H2,1-2H3/t7-,11-/m0/s1. The zero-order valence-corrected chi connectivity index (χ0v) is 10.7. The zero-order valence-electron chi connectivity index (χ0n) is 10.7. The van der Waals surface area contributed by atoms with Crippen LogP contribution in [0.25, 0.3) is 11.4 Å². The summed E-state index contributed by atoms with van der Waals surface area (Å²) >= 11 is 0. The van der Waals surface area contributed by atoms with Gasteiger partial charge in [-0.1, -0.05) is 25.4 Å². The number of benzene rings is 1. The van der Waals surface area contributed by atoms with Gasteiger partial charge in [0.1, 0.15) is 11.6 Å². The van der Waals surface area contributed by atoms with Gasteiger partial charge in [-0.3, -0.25) is 0 Å². The van der Waals surface area contributed by atoms with E-state index in [2.05, 4.69) is 10.1 Å². The molecule has 1 aromatic heterocycles. The van der Waals surface area contributed by atoms with Crippen molar-refractivity contribution in [3.63, 3.8) is 0 Å². The van der Waals surface area contributed by atoms with E-state index in [1.807, 2.05) is 13.8 Å². The fourth-order valence-corrected chi connectivity index (χ4v) is 1.67. The van der Waals surface area contributed by atoms with E-state index in [-0.39, 0.29) is 29.2 Å². The lowest BCUT2D eigenvalue weighted by atomic mass is 10.0. The van der Waals surface area contributed by atoms with Gasteiger partial charge in [0.05, 0.1) is 6.04 Å². The highest BCUT2D eigenvalue weighted by Gasteiger charge is 2.20. The molecule has 6 heteroatoms. The lowest BCUT2D eigenvalue weighted by molar-refractivity contribution is 0.312. The molecule has 0 aliphatic heterocycles. The van der Waals surface area contributed by atoms with Crippen LogP contribution in [0.3, 0.4) is 0 Å². The van der Waals surface area contributed by atoms with Crippen LogP contribution in [0, 0.1) is 17.6 Å². The van der Waals surface area contributed by atoms with E-state index < -0.39 is 11.6 Å². The summed E-state index contributed by atoms with van der Waals surface area (Å²) in [4.78, 5) is 4.10. The van der Waals surface area contributed by atoms with Gasteiger partial charge in [0.15, 0.2) is 0 Å². The van der Waals surface area contributed by atoms with Gasteiger partial charge >= 0.3 is 0 Å². The largest absolute Gasteiger partial charge is 0.337 e. The van der Waals surface area contributed by atoms with Crippen LogP contribution in [0.1, 0.15) is 32.2 Å². The molecule has 19 heavy (non-hydrogen) atoms. The van der Waals surface area contributed by atoms with Gasteiger partial charge in [0.2, 0.25) is 11.7 Å². The number of hydrogen-bond acceptors (Lipinski definition) is 4. The monoisotopic (exact) mass is 267 g/mol. The van der Waals surface area contributed by atoms with Gasteiger partial charge in [-0.15, -0.1) is 0 Å². The van der Waals surface area contributed by atoms with E-state index in [1.165, 1.54) is 0 Å². The molecule has 2 atom stereocenters. The lowest BCUT2D eigenvalue weighted by Crippen LogP contribution is -2.18. The Morgan fingerprint density at radius 3 is 2.47 bits per heavy atom. The predicted octanol–water partition coefficient (Wildman–Crippen LogP) is 3.06. The predicted molar refractivity (Wildman–Crippen MR) is 66.0 cm³/mol. The quantitative estimate of drug-likeness (QED) is 0.924. The molecule has 4 nitrogen and oxygen atoms in total. The number of hydrogen-bond donors (Lipinski definition) is 1. The molecule has 0 aliphatic rings. The number of nitrogens with zero attached hydrogens (tertiary/aromatic N) is 2. The van der Waals surface area contributed by atoms with E-state index in [4.69, 9.17) is 10.3 Å². The SMILES string of the molecule is CC[C@H](C)[C@H](N)c1nc(-c2cc(F)cc(F)c2)no1. The molecule has 0 spiro atoms. The van der Waals surface area contributed by atoms with Crippen LogP contribution in [0.2, 0.25) is 0 Å². The van der Waals surface area contributed by atoms with Gasteiger partial charge in [0, 0.05) is 11.6 Å². The molecule has 2 N–H and O–H groups in total. The zero-order chi connectivity index (χ0) is 14.0. The molecule has 102 valence electrons. The molecule has 0 unspecified atom stereocenters. The highest BCUT2D eigenvalue weighted by Crippen LogP contribution is 2.24. The van der Waals surface area contributed by atoms with Crippen LogP contribution in [-0.2, 0) is 0 Å². The molecule has 0 radical (unpaired) electrons. The van der Waals surface area contributed by atoms with E-state index in [1.54, 1.807) is 0 Å². The molecular weight excluding hydrogens is 252 g/mol. The van der Waals surface area contributed by atoms with Crippen LogP contribution in [0.15, 0.2) is 22.7 Å². The summed E-state index contributed by atoms with van der Waals surface area (Å²) in [5, 5.41) is 3.71. The third-order valence-corrected chi connectivity index (χ3v) is 3.10. The fraction of sp³-hybridized carbons (Fsp3) is 0.385. The van der Waals surface area contributed by atoms with Crippen molar-refractivity contribution >= 4 is 0 Å². The first kappa shape index (κ1) is 13.6. The second-order valence-corrected chi connectivity index (χ2v) is 4.53. The normalized spacial score (nSPS) is 14.4. The average molecular weight is 267 g/mol. The van der Waals surface area contributed by atoms with Crippen LogP contribution < -0.4 is 5.73 Å². The van der Waals surface area contributed by atoms with E-state index >= 15 is 0 Å². The molecular formula is C13H15F2N3O. The Hall–Kier alpha value is -1.82. The van der Waals surface area contributed by atoms with Gasteiger partial charge < -0.3 is 10.3 Å². The highest BCUT2D eigenvalue weighted by molar-refractivity contribution is 5.54. The van der Waals surface area contributed by atoms with Crippen molar-refractivity contribution in [2.75, 3.05) is 0 Å². The van der Waals surface area contributed by atoms with Crippen LogP contribution in [-0.4, -0.2) is 10.1 Å². The molecule has 1 aromatic carbocycles. The number of nitrogens with two attached hydrogens (primary N) is 1. The molecule has 0 aliphatic carbocycles. The summed E-state index contributed by atoms with van der Waals surface area (Å²) in [7, 11) is 0. The molecule has 0 saturated heterocycles. The summed E-state index contributed by atoms with van der Waals surface area (Å²) in [5.74, 6) is -0.793. The first-order valence-electron chi connectivity index (χ1n) is 6.07. The summed E-state index contributed by atoms with van der Waals surface area (Å²) in [6, 6.07) is 2.69. The molecule has 2 aromatic rings. The summed E-state index contributed by atoms with van der Waals surface area (Å²) in [6.07, 6.45) is 0.869. The first-order chi connectivity index (χ1) is 9.01. The van der Waals surface area contributed by atoms with Gasteiger partial charge in [-0.2, -0.15) is 4.98 Å². The molecule has 0 amide bonds. The van der Waals surface area contributed by atoms with Gasteiger partial charge in [0.25, 0.3) is 0 Å². The third-order valence-electron chi connectivity index (χ3n) is 3.10. The van der Waals surface area contributed by atoms with Gasteiger partial charge in [-0.05, 0) is 18.1 Å². The smallest absolute Gasteiger partial charge is 0.244 e. The van der Waals surface area contributed by atoms with Crippen LogP contribution in [0.5, 0.6) is 0 Å². The Labute approximate surface area is 109 Å². The third kappa shape index (κ3) is 2.96. The van der Waals surface area contributed by atoms with Crippen LogP contribution >= 0.6 is 0 Å². The molecule has 1 heterocycles. The van der Waals surface area contributed by atoms with Crippen LogP contribution in [0.4, 0.5) is 8.78 Å². The minimum atomic E-state index is -0.687. The number of halogens is 2. The van der Waals surface area contributed by atoms with E-state index in [0.29, 0.717) is 0 Å². The molecule has 0 bridgehead atoms. The Balaban J connectivity index is 2.30. The minimum absolute atomic E-state index is 0.132. The topological polar surface area (TPSA) is 64.9 Å². The number of aromatic nitrogens is 2. The highest BCUT2D eigenvalue weighted by atomic mass is 19.1. The Morgan fingerprint density at radius 1 is 1.26 bits per heavy atom. The van der Waals surface area contributed by atoms with Crippen molar-refractivity contribution < 1.29 is 13.3 Å². The average Bonchev–Trinajstić information content (AvgIpc) is 2.85. The van der Waals surface area contributed by atoms with Crippen molar-refractivity contribution in [2.45, 2.75) is 26.3 Å². The Kier molecular flexibility index (Phi) is 3.90. The molecule has 0 fully saturated rings. The van der Waals surface area contributed by atoms with Crippen molar-refractivity contribution in [3.8, 4) is 11.4 Å². The molecule has 0 saturated carbocycles. The second-order valence-electron chi connectivity index (χ2n) is 4.53. The van der Waals surface area contributed by atoms with Crippen molar-refractivity contribution in [1.82, 2.24) is 10.1 Å². The fourth-order valence-electron chi connectivity index (χ4n) is 1.67. The van der Waals surface area contributed by atoms with Crippen molar-refractivity contribution in [1.29, 1.82) is 0 Å². The summed E-state index contributed by atoms with van der Waals surface area (Å²) in [6.45, 7) is 3.97. The summed E-state index contributed by atoms with van der Waals surface area (Å²) < 4.78 is 31.3. The maximum Gasteiger partial charge on any atom is 0.244 e. The summed E-state index contributed by atoms with van der Waals surface area (Å²) in [5.41, 5.74) is 6.18. The Morgan fingerprint density at radius 2 is 1.89 bits per heavy atom. The van der Waals surface area contributed by atoms with Gasteiger partial charge in [-0.25, -0.2) is 8.78 Å². The van der Waals surface area contributed by atoms with Crippen molar-refractivity contribution in [3.05, 3.63) is 35.7 Å². The number of rotatable bonds is 4. The maximum absolute atomic E-state index is 13.1. The lowest BCUT2D eigenvalue weighted by Gasteiger charge is -2.12. The van der Waals surface area contributed by atoms with E-state index in [9.17, 15) is 8.78 Å². The Bertz CT molecular complexity index is 551. The first-order valence-corrected chi connectivity index (χ1v) is 6.07. The van der Waals surface area contributed by atoms with Crippen molar-refractivity contribution in [2.24, 2.45) is 11.7 Å². The maximum atomic E-state index is 13.1. The van der Waals surface area contributed by atoms with E-state index in [0.717, 1.165) is 24.6 Å². The second kappa shape index (κ2) is 5.44. The minimum Gasteiger partial charge on any atom is -0.337 e. The molecule has 2 rings (SSSR count).